The zero-order valence-electron chi connectivity index (χ0n) is 7.56. The molecule has 0 fully saturated rings. The summed E-state index contributed by atoms with van der Waals surface area (Å²) in [5, 5.41) is 6.93. The predicted molar refractivity (Wildman–Crippen MR) is 51.1 cm³/mol. The number of hydrogen-bond acceptors (Lipinski definition) is 4. The van der Waals surface area contributed by atoms with Gasteiger partial charge in [0.2, 0.25) is 0 Å². The molecule has 6 nitrogen and oxygen atoms in total. The average molecular weight is 191 g/mol. The molecule has 0 saturated heterocycles. The Kier molecular flexibility index (Phi) is 1.81. The van der Waals surface area contributed by atoms with E-state index in [9.17, 15) is 4.79 Å². The second-order valence-corrected chi connectivity index (χ2v) is 2.74. The molecule has 1 amide bonds. The highest BCUT2D eigenvalue weighted by Crippen LogP contribution is 2.11. The number of fused-ring (bicyclic) bond motifs is 1. The van der Waals surface area contributed by atoms with Gasteiger partial charge in [0.15, 0.2) is 5.65 Å². The zero-order chi connectivity index (χ0) is 10.1. The standard InChI is InChI=1S/C8H9N5O/c1-10-6-2-3-11-8-5(7(9)14)4-12-13(6)8/h2-4,10H,1H3,(H2,9,14). The maximum atomic E-state index is 11.0. The van der Waals surface area contributed by atoms with Crippen molar-refractivity contribution in [2.45, 2.75) is 0 Å². The Balaban J connectivity index is 2.75. The monoisotopic (exact) mass is 191 g/mol. The van der Waals surface area contributed by atoms with Gasteiger partial charge in [-0.15, -0.1) is 0 Å². The lowest BCUT2D eigenvalue weighted by Crippen LogP contribution is -2.11. The Morgan fingerprint density at radius 3 is 3.07 bits per heavy atom. The van der Waals surface area contributed by atoms with Gasteiger partial charge in [-0.1, -0.05) is 0 Å². The smallest absolute Gasteiger partial charge is 0.254 e. The molecule has 14 heavy (non-hydrogen) atoms. The number of primary amides is 1. The quantitative estimate of drug-likeness (QED) is 0.692. The normalized spacial score (nSPS) is 10.4. The maximum Gasteiger partial charge on any atom is 0.254 e. The lowest BCUT2D eigenvalue weighted by atomic mass is 10.3. The summed E-state index contributed by atoms with van der Waals surface area (Å²) < 4.78 is 1.53. The van der Waals surface area contributed by atoms with Crippen molar-refractivity contribution in [1.29, 1.82) is 0 Å². The Morgan fingerprint density at radius 1 is 1.64 bits per heavy atom. The molecule has 2 aromatic heterocycles. The van der Waals surface area contributed by atoms with Crippen LogP contribution in [0.3, 0.4) is 0 Å². The van der Waals surface area contributed by atoms with E-state index in [2.05, 4.69) is 15.4 Å². The van der Waals surface area contributed by atoms with Gasteiger partial charge in [0.1, 0.15) is 11.4 Å². The predicted octanol–water partition coefficient (Wildman–Crippen LogP) is -0.130. The largest absolute Gasteiger partial charge is 0.373 e. The highest BCUT2D eigenvalue weighted by atomic mass is 16.1. The number of nitrogens with one attached hydrogen (secondary N) is 1. The lowest BCUT2D eigenvalue weighted by molar-refractivity contribution is 0.100. The second-order valence-electron chi connectivity index (χ2n) is 2.74. The van der Waals surface area contributed by atoms with Crippen molar-refractivity contribution in [3.63, 3.8) is 0 Å². The van der Waals surface area contributed by atoms with Crippen molar-refractivity contribution in [3.8, 4) is 0 Å². The van der Waals surface area contributed by atoms with E-state index in [1.165, 1.54) is 10.7 Å². The van der Waals surface area contributed by atoms with Crippen molar-refractivity contribution in [2.24, 2.45) is 5.73 Å². The minimum atomic E-state index is -0.527. The van der Waals surface area contributed by atoms with Crippen LogP contribution in [0.2, 0.25) is 0 Å². The topological polar surface area (TPSA) is 85.3 Å². The van der Waals surface area contributed by atoms with Crippen LogP contribution < -0.4 is 11.1 Å². The van der Waals surface area contributed by atoms with Crippen LogP contribution in [-0.2, 0) is 0 Å². The van der Waals surface area contributed by atoms with Crippen molar-refractivity contribution < 1.29 is 4.79 Å². The van der Waals surface area contributed by atoms with Gasteiger partial charge in [-0.25, -0.2) is 4.98 Å². The average Bonchev–Trinajstić information content (AvgIpc) is 2.60. The van der Waals surface area contributed by atoms with E-state index in [0.29, 0.717) is 11.2 Å². The van der Waals surface area contributed by atoms with Gasteiger partial charge in [-0.05, 0) is 6.07 Å². The summed E-state index contributed by atoms with van der Waals surface area (Å²) in [5.74, 6) is 0.225. The molecule has 3 N–H and O–H groups in total. The molecular weight excluding hydrogens is 182 g/mol. The minimum Gasteiger partial charge on any atom is -0.373 e. The number of nitrogens with zero attached hydrogens (tertiary/aromatic N) is 3. The second kappa shape index (κ2) is 2.99. The van der Waals surface area contributed by atoms with Crippen molar-refractivity contribution >= 4 is 17.4 Å². The maximum absolute atomic E-state index is 11.0. The third-order valence-electron chi connectivity index (χ3n) is 1.92. The number of nitrogens with two attached hydrogens (primary N) is 1. The molecule has 0 saturated carbocycles. The molecule has 6 heteroatoms. The minimum absolute atomic E-state index is 0.321. The molecule has 0 atom stereocenters. The van der Waals surface area contributed by atoms with Gasteiger partial charge in [0.25, 0.3) is 5.91 Å². The summed E-state index contributed by atoms with van der Waals surface area (Å²) in [5.41, 5.74) is 5.95. The Hall–Kier alpha value is -2.11. The van der Waals surface area contributed by atoms with E-state index < -0.39 is 5.91 Å². The number of rotatable bonds is 2. The zero-order valence-corrected chi connectivity index (χ0v) is 7.56. The molecule has 0 unspecified atom stereocenters. The number of aromatic nitrogens is 3. The van der Waals surface area contributed by atoms with E-state index in [0.717, 1.165) is 5.82 Å². The first-order valence-corrected chi connectivity index (χ1v) is 4.04. The summed E-state index contributed by atoms with van der Waals surface area (Å²) in [6.07, 6.45) is 3.00. The molecule has 0 aliphatic carbocycles. The van der Waals surface area contributed by atoms with Crippen molar-refractivity contribution in [1.82, 2.24) is 14.6 Å². The summed E-state index contributed by atoms with van der Waals surface area (Å²) in [7, 11) is 1.76. The van der Waals surface area contributed by atoms with Crippen LogP contribution >= 0.6 is 0 Å². The van der Waals surface area contributed by atoms with E-state index in [1.54, 1.807) is 19.3 Å². The summed E-state index contributed by atoms with van der Waals surface area (Å²) in [6.45, 7) is 0. The van der Waals surface area contributed by atoms with Crippen LogP contribution in [0, 0.1) is 0 Å². The van der Waals surface area contributed by atoms with Crippen LogP contribution in [0.1, 0.15) is 10.4 Å². The van der Waals surface area contributed by atoms with Crippen LogP contribution in [0.15, 0.2) is 18.5 Å². The summed E-state index contributed by atoms with van der Waals surface area (Å²) >= 11 is 0. The Bertz CT molecular complexity index is 489. The van der Waals surface area contributed by atoms with Crippen LogP contribution in [-0.4, -0.2) is 27.6 Å². The van der Waals surface area contributed by atoms with E-state index in [1.807, 2.05) is 0 Å². The van der Waals surface area contributed by atoms with Gasteiger partial charge in [-0.3, -0.25) is 4.79 Å². The van der Waals surface area contributed by atoms with Crippen LogP contribution in [0.25, 0.3) is 5.65 Å². The van der Waals surface area contributed by atoms with Crippen molar-refractivity contribution in [2.75, 3.05) is 12.4 Å². The van der Waals surface area contributed by atoms with Gasteiger partial charge in [0.05, 0.1) is 6.20 Å². The molecule has 0 aliphatic heterocycles. The number of amides is 1. The number of hydrogen-bond donors (Lipinski definition) is 2. The first-order chi connectivity index (χ1) is 6.74. The fourth-order valence-electron chi connectivity index (χ4n) is 1.25. The molecule has 2 aromatic rings. The van der Waals surface area contributed by atoms with E-state index >= 15 is 0 Å². The molecule has 0 aromatic carbocycles. The van der Waals surface area contributed by atoms with Crippen LogP contribution in [0.5, 0.6) is 0 Å². The molecule has 0 radical (unpaired) electrons. The molecule has 72 valence electrons. The molecule has 2 heterocycles. The molecular formula is C8H9N5O. The molecule has 2 rings (SSSR count). The first-order valence-electron chi connectivity index (χ1n) is 4.04. The van der Waals surface area contributed by atoms with E-state index in [-0.39, 0.29) is 0 Å². The highest BCUT2D eigenvalue weighted by molar-refractivity contribution is 5.98. The lowest BCUT2D eigenvalue weighted by Gasteiger charge is -2.01. The van der Waals surface area contributed by atoms with Crippen molar-refractivity contribution in [3.05, 3.63) is 24.0 Å². The number of anilines is 1. The third kappa shape index (κ3) is 1.08. The van der Waals surface area contributed by atoms with E-state index in [4.69, 9.17) is 5.73 Å². The fraction of sp³-hybridized carbons (Fsp3) is 0.125. The molecule has 0 bridgehead atoms. The first kappa shape index (κ1) is 8.49. The number of carbonyl (C=O) groups excluding carboxylic acids is 1. The summed E-state index contributed by atoms with van der Waals surface area (Å²) in [4.78, 5) is 15.0. The van der Waals surface area contributed by atoms with Crippen LogP contribution in [0.4, 0.5) is 5.82 Å². The number of carbonyl (C=O) groups is 1. The third-order valence-corrected chi connectivity index (χ3v) is 1.92. The van der Waals surface area contributed by atoms with Gasteiger partial charge >= 0.3 is 0 Å². The molecule has 0 aliphatic rings. The Labute approximate surface area is 79.7 Å². The Morgan fingerprint density at radius 2 is 2.43 bits per heavy atom. The molecule has 0 spiro atoms. The summed E-state index contributed by atoms with van der Waals surface area (Å²) in [6, 6.07) is 1.75. The van der Waals surface area contributed by atoms with Gasteiger partial charge < -0.3 is 11.1 Å². The fourth-order valence-corrected chi connectivity index (χ4v) is 1.25. The van der Waals surface area contributed by atoms with Gasteiger partial charge in [-0.2, -0.15) is 9.61 Å². The van der Waals surface area contributed by atoms with Gasteiger partial charge in [0, 0.05) is 13.2 Å². The SMILES string of the molecule is CNc1ccnc2c(C(N)=O)cnn12. The highest BCUT2D eigenvalue weighted by Gasteiger charge is 2.11.